The highest BCUT2D eigenvalue weighted by Gasteiger charge is 2.15. The minimum atomic E-state index is -0.752. The van der Waals surface area contributed by atoms with Crippen LogP contribution in [0.1, 0.15) is 37.4 Å². The molecule has 0 saturated heterocycles. The molecular formula is C27H23NO5. The summed E-state index contributed by atoms with van der Waals surface area (Å²) in [6.07, 6.45) is 0.654. The lowest BCUT2D eigenvalue weighted by atomic mass is 10.1. The largest absolute Gasteiger partial charge is 0.423 e. The molecule has 3 aromatic carbocycles. The molecule has 4 aromatic rings. The Bertz CT molecular complexity index is 1390. The number of ether oxygens (including phenoxy) is 1. The van der Waals surface area contributed by atoms with Gasteiger partial charge in [-0.25, -0.2) is 9.59 Å². The van der Waals surface area contributed by atoms with Crippen LogP contribution in [0.3, 0.4) is 0 Å². The Hall–Kier alpha value is -4.19. The summed E-state index contributed by atoms with van der Waals surface area (Å²) in [6.45, 7) is 4.29. The fourth-order valence-corrected chi connectivity index (χ4v) is 3.41. The predicted octanol–water partition coefficient (Wildman–Crippen LogP) is 4.60. The molecule has 0 fully saturated rings. The van der Waals surface area contributed by atoms with Gasteiger partial charge in [0, 0.05) is 18.0 Å². The molecule has 1 N–H and O–H groups in total. The molecule has 6 heteroatoms. The van der Waals surface area contributed by atoms with Gasteiger partial charge in [0.2, 0.25) is 0 Å². The smallest absolute Gasteiger partial charge is 0.349 e. The van der Waals surface area contributed by atoms with E-state index in [4.69, 9.17) is 9.15 Å². The molecule has 0 bridgehead atoms. The third-order valence-electron chi connectivity index (χ3n) is 5.45. The summed E-state index contributed by atoms with van der Waals surface area (Å²) in [5.74, 6) is -0.755. The molecule has 0 aliphatic heterocycles. The monoisotopic (exact) mass is 441 g/mol. The number of hydrogen-bond donors (Lipinski definition) is 1. The lowest BCUT2D eigenvalue weighted by Gasteiger charge is -2.08. The third-order valence-corrected chi connectivity index (χ3v) is 5.45. The van der Waals surface area contributed by atoms with Crippen LogP contribution in [0.2, 0.25) is 0 Å². The summed E-state index contributed by atoms with van der Waals surface area (Å²) >= 11 is 0. The summed E-state index contributed by atoms with van der Waals surface area (Å²) in [5, 5.41) is 3.30. The Morgan fingerprint density at radius 3 is 2.45 bits per heavy atom. The van der Waals surface area contributed by atoms with Crippen molar-refractivity contribution in [3.8, 4) is 5.75 Å². The van der Waals surface area contributed by atoms with Gasteiger partial charge in [-0.2, -0.15) is 0 Å². The quantitative estimate of drug-likeness (QED) is 0.268. The van der Waals surface area contributed by atoms with Crippen molar-refractivity contribution >= 4 is 22.8 Å². The van der Waals surface area contributed by atoms with E-state index in [2.05, 4.69) is 5.32 Å². The Morgan fingerprint density at radius 2 is 1.70 bits per heavy atom. The third kappa shape index (κ3) is 5.18. The summed E-state index contributed by atoms with van der Waals surface area (Å²) in [6, 6.07) is 21.2. The predicted molar refractivity (Wildman–Crippen MR) is 126 cm³/mol. The number of esters is 1. The average Bonchev–Trinajstić information content (AvgIpc) is 2.81. The van der Waals surface area contributed by atoms with Crippen LogP contribution in [-0.2, 0) is 6.42 Å². The maximum Gasteiger partial charge on any atom is 0.349 e. The molecule has 33 heavy (non-hydrogen) atoms. The van der Waals surface area contributed by atoms with Gasteiger partial charge in [-0.1, -0.05) is 36.4 Å². The molecule has 0 saturated carbocycles. The zero-order chi connectivity index (χ0) is 23.4. The van der Waals surface area contributed by atoms with Gasteiger partial charge in [0.1, 0.15) is 16.9 Å². The number of nitrogens with one attached hydrogen (secondary N) is 1. The lowest BCUT2D eigenvalue weighted by molar-refractivity contribution is 0.0734. The zero-order valence-corrected chi connectivity index (χ0v) is 18.4. The topological polar surface area (TPSA) is 85.6 Å². The second-order valence-electron chi connectivity index (χ2n) is 7.83. The van der Waals surface area contributed by atoms with Crippen molar-refractivity contribution in [2.24, 2.45) is 0 Å². The molecule has 0 atom stereocenters. The molecule has 0 unspecified atom stereocenters. The van der Waals surface area contributed by atoms with Crippen molar-refractivity contribution in [1.82, 2.24) is 5.32 Å². The number of amides is 1. The van der Waals surface area contributed by atoms with E-state index < -0.39 is 17.5 Å². The number of aryl methyl sites for hydroxylation is 2. The van der Waals surface area contributed by atoms with Crippen molar-refractivity contribution in [2.45, 2.75) is 20.3 Å². The molecule has 4 rings (SSSR count). The van der Waals surface area contributed by atoms with E-state index in [0.717, 1.165) is 16.7 Å². The highest BCUT2D eigenvalue weighted by Crippen LogP contribution is 2.22. The van der Waals surface area contributed by atoms with Crippen LogP contribution in [0.4, 0.5) is 0 Å². The van der Waals surface area contributed by atoms with Crippen molar-refractivity contribution < 1.29 is 18.7 Å². The highest BCUT2D eigenvalue weighted by atomic mass is 16.5. The number of carbonyl (C=O) groups is 2. The van der Waals surface area contributed by atoms with E-state index in [1.807, 2.05) is 50.2 Å². The van der Waals surface area contributed by atoms with E-state index in [-0.39, 0.29) is 16.9 Å². The van der Waals surface area contributed by atoms with Crippen molar-refractivity contribution in [1.29, 1.82) is 0 Å². The molecule has 1 heterocycles. The second-order valence-corrected chi connectivity index (χ2v) is 7.83. The van der Waals surface area contributed by atoms with Crippen LogP contribution >= 0.6 is 0 Å². The van der Waals surface area contributed by atoms with Gasteiger partial charge in [0.25, 0.3) is 5.91 Å². The molecular weight excluding hydrogens is 418 g/mol. The molecule has 0 aliphatic carbocycles. The fourth-order valence-electron chi connectivity index (χ4n) is 3.41. The number of benzene rings is 3. The normalized spacial score (nSPS) is 10.7. The summed E-state index contributed by atoms with van der Waals surface area (Å²) in [4.78, 5) is 37.3. The van der Waals surface area contributed by atoms with Crippen molar-refractivity contribution in [3.63, 3.8) is 0 Å². The first-order valence-electron chi connectivity index (χ1n) is 10.6. The maximum absolute atomic E-state index is 12.5. The van der Waals surface area contributed by atoms with Gasteiger partial charge in [-0.15, -0.1) is 0 Å². The van der Waals surface area contributed by atoms with Crippen molar-refractivity contribution in [2.75, 3.05) is 6.54 Å². The van der Waals surface area contributed by atoms with Crippen LogP contribution in [-0.4, -0.2) is 18.4 Å². The Balaban J connectivity index is 1.47. The highest BCUT2D eigenvalue weighted by molar-refractivity contribution is 5.97. The van der Waals surface area contributed by atoms with E-state index in [1.54, 1.807) is 24.3 Å². The van der Waals surface area contributed by atoms with E-state index >= 15 is 0 Å². The molecule has 166 valence electrons. The van der Waals surface area contributed by atoms with Crippen LogP contribution in [0, 0.1) is 13.8 Å². The van der Waals surface area contributed by atoms with Crippen LogP contribution < -0.4 is 15.7 Å². The van der Waals surface area contributed by atoms with Crippen LogP contribution in [0.5, 0.6) is 5.75 Å². The minimum absolute atomic E-state index is 0.0737. The molecule has 6 nitrogen and oxygen atoms in total. The Labute approximate surface area is 190 Å². The first kappa shape index (κ1) is 22.0. The van der Waals surface area contributed by atoms with Gasteiger partial charge < -0.3 is 14.5 Å². The molecule has 0 radical (unpaired) electrons. The average molecular weight is 441 g/mol. The number of carbonyl (C=O) groups excluding carboxylic acids is 2. The summed E-state index contributed by atoms with van der Waals surface area (Å²) in [5.41, 5.74) is 3.00. The molecule has 1 amide bonds. The fraction of sp³-hybridized carbons (Fsp3) is 0.148. The first-order valence-corrected chi connectivity index (χ1v) is 10.6. The van der Waals surface area contributed by atoms with Crippen molar-refractivity contribution in [3.05, 3.63) is 111 Å². The van der Waals surface area contributed by atoms with E-state index in [1.165, 1.54) is 12.1 Å². The minimum Gasteiger partial charge on any atom is -0.423 e. The molecule has 0 aliphatic rings. The number of fused-ring (bicyclic) bond motifs is 1. The zero-order valence-electron chi connectivity index (χ0n) is 18.4. The Kier molecular flexibility index (Phi) is 6.36. The van der Waals surface area contributed by atoms with E-state index in [0.29, 0.717) is 23.9 Å². The second kappa shape index (κ2) is 9.53. The molecule has 1 aromatic heterocycles. The van der Waals surface area contributed by atoms with Gasteiger partial charge in [0.15, 0.2) is 0 Å². The number of rotatable bonds is 6. The lowest BCUT2D eigenvalue weighted by Crippen LogP contribution is -2.29. The van der Waals surface area contributed by atoms with Crippen LogP contribution in [0.15, 0.2) is 82.0 Å². The summed E-state index contributed by atoms with van der Waals surface area (Å²) < 4.78 is 10.8. The van der Waals surface area contributed by atoms with Crippen LogP contribution in [0.25, 0.3) is 11.0 Å². The van der Waals surface area contributed by atoms with E-state index in [9.17, 15) is 14.4 Å². The maximum atomic E-state index is 12.5. The first-order chi connectivity index (χ1) is 15.9. The molecule has 0 spiro atoms. The standard InChI is InChI=1S/C27H23NO5/c1-17-8-9-21(14-18(17)2)26(30)32-22-11-10-20-15-23(27(31)33-24(20)16-22)25(29)28-13-12-19-6-4-3-5-7-19/h3-11,14-16H,12-13H2,1-2H3,(H,28,29). The van der Waals surface area contributed by atoms with Gasteiger partial charge in [0.05, 0.1) is 5.56 Å². The van der Waals surface area contributed by atoms with Gasteiger partial charge >= 0.3 is 11.6 Å². The number of hydrogen-bond acceptors (Lipinski definition) is 5. The summed E-state index contributed by atoms with van der Waals surface area (Å²) in [7, 11) is 0. The Morgan fingerprint density at radius 1 is 0.909 bits per heavy atom. The van der Waals surface area contributed by atoms with Gasteiger partial charge in [-0.3, -0.25) is 4.79 Å². The SMILES string of the molecule is Cc1ccc(C(=O)Oc2ccc3cc(C(=O)NCCc4ccccc4)c(=O)oc3c2)cc1C. The van der Waals surface area contributed by atoms with Gasteiger partial charge in [-0.05, 0) is 67.3 Å².